The van der Waals surface area contributed by atoms with Crippen molar-refractivity contribution in [3.8, 4) is 0 Å². The smallest absolute Gasteiger partial charge is 0.237 e. The van der Waals surface area contributed by atoms with Crippen LogP contribution in [0.2, 0.25) is 0 Å². The molecule has 1 aliphatic rings. The molecule has 1 rings (SSSR count). The minimum absolute atomic E-state index is 0.00171. The number of rotatable bonds is 3. The largest absolute Gasteiger partial charge is 0.352 e. The monoisotopic (exact) mass is 156 g/mol. The van der Waals surface area contributed by atoms with E-state index in [2.05, 4.69) is 12.2 Å². The molecule has 1 amide bonds. The molecule has 0 radical (unpaired) electrons. The van der Waals surface area contributed by atoms with Crippen LogP contribution in [-0.4, -0.2) is 18.0 Å². The first kappa shape index (κ1) is 8.53. The van der Waals surface area contributed by atoms with E-state index >= 15 is 0 Å². The van der Waals surface area contributed by atoms with Gasteiger partial charge in [-0.3, -0.25) is 4.79 Å². The maximum absolute atomic E-state index is 11.1. The van der Waals surface area contributed by atoms with Crippen molar-refractivity contribution in [2.24, 2.45) is 11.7 Å². The number of nitrogens with two attached hydrogens (primary N) is 1. The molecule has 11 heavy (non-hydrogen) atoms. The summed E-state index contributed by atoms with van der Waals surface area (Å²) in [7, 11) is 0. The van der Waals surface area contributed by atoms with Crippen LogP contribution in [0.25, 0.3) is 0 Å². The number of hydrogen-bond acceptors (Lipinski definition) is 2. The van der Waals surface area contributed by atoms with Crippen LogP contribution in [0.4, 0.5) is 0 Å². The second-order valence-electron chi connectivity index (χ2n) is 3.34. The second kappa shape index (κ2) is 3.22. The van der Waals surface area contributed by atoms with Gasteiger partial charge in [0.2, 0.25) is 5.91 Å². The molecule has 64 valence electrons. The van der Waals surface area contributed by atoms with Crippen molar-refractivity contribution >= 4 is 5.91 Å². The van der Waals surface area contributed by atoms with Gasteiger partial charge in [0, 0.05) is 6.04 Å². The minimum atomic E-state index is -0.317. The minimum Gasteiger partial charge on any atom is -0.352 e. The van der Waals surface area contributed by atoms with Crippen LogP contribution in [0, 0.1) is 5.92 Å². The second-order valence-corrected chi connectivity index (χ2v) is 3.34. The van der Waals surface area contributed by atoms with Crippen LogP contribution < -0.4 is 11.1 Å². The number of hydrogen-bond donors (Lipinski definition) is 2. The van der Waals surface area contributed by atoms with Crippen molar-refractivity contribution in [2.45, 2.75) is 38.8 Å². The maximum atomic E-state index is 11.1. The number of nitrogens with one attached hydrogen (secondary N) is 1. The summed E-state index contributed by atoms with van der Waals surface area (Å²) in [4.78, 5) is 11.1. The highest BCUT2D eigenvalue weighted by Gasteiger charge is 2.34. The van der Waals surface area contributed by atoms with E-state index in [0.717, 1.165) is 6.42 Å². The number of carbonyl (C=O) groups is 1. The van der Waals surface area contributed by atoms with Crippen molar-refractivity contribution in [2.75, 3.05) is 0 Å². The quantitative estimate of drug-likeness (QED) is 0.615. The Morgan fingerprint density at radius 1 is 1.82 bits per heavy atom. The standard InChI is InChI=1S/C8H16N2O/c1-3-6(9)8(11)10-7-4-5(7)2/h5-7H,3-4,9H2,1-2H3,(H,10,11)/t5?,6-,7?/m1/s1. The molecule has 1 fully saturated rings. The Hall–Kier alpha value is -0.570. The molecule has 0 bridgehead atoms. The normalized spacial score (nSPS) is 31.2. The molecule has 0 saturated heterocycles. The van der Waals surface area contributed by atoms with E-state index in [9.17, 15) is 4.79 Å². The van der Waals surface area contributed by atoms with Crippen LogP contribution in [0.3, 0.4) is 0 Å². The third kappa shape index (κ3) is 2.19. The number of carbonyl (C=O) groups excluding carboxylic acids is 1. The summed E-state index contributed by atoms with van der Waals surface area (Å²) < 4.78 is 0. The van der Waals surface area contributed by atoms with Crippen molar-refractivity contribution in [3.05, 3.63) is 0 Å². The van der Waals surface area contributed by atoms with Crippen molar-refractivity contribution in [1.82, 2.24) is 5.32 Å². The van der Waals surface area contributed by atoms with Crippen LogP contribution in [0.5, 0.6) is 0 Å². The van der Waals surface area contributed by atoms with Gasteiger partial charge in [-0.1, -0.05) is 13.8 Å². The summed E-state index contributed by atoms with van der Waals surface area (Å²) in [5, 5.41) is 2.89. The zero-order chi connectivity index (χ0) is 8.43. The summed E-state index contributed by atoms with van der Waals surface area (Å²) in [6, 6.07) is 0.0860. The Bertz CT molecular complexity index is 158. The summed E-state index contributed by atoms with van der Waals surface area (Å²) in [6.45, 7) is 4.04. The fraction of sp³-hybridized carbons (Fsp3) is 0.875. The van der Waals surface area contributed by atoms with Gasteiger partial charge in [0.1, 0.15) is 0 Å². The first-order valence-electron chi connectivity index (χ1n) is 4.21. The van der Waals surface area contributed by atoms with Crippen LogP contribution in [0.1, 0.15) is 26.7 Å². The van der Waals surface area contributed by atoms with E-state index < -0.39 is 0 Å². The third-order valence-corrected chi connectivity index (χ3v) is 2.21. The Morgan fingerprint density at radius 2 is 2.36 bits per heavy atom. The first-order chi connectivity index (χ1) is 5.15. The zero-order valence-electron chi connectivity index (χ0n) is 7.13. The molecule has 3 heteroatoms. The predicted molar refractivity (Wildman–Crippen MR) is 44.0 cm³/mol. The maximum Gasteiger partial charge on any atom is 0.237 e. The first-order valence-corrected chi connectivity index (χ1v) is 4.21. The Labute approximate surface area is 67.3 Å². The van der Waals surface area contributed by atoms with E-state index in [1.807, 2.05) is 6.92 Å². The van der Waals surface area contributed by atoms with Gasteiger partial charge in [-0.15, -0.1) is 0 Å². The molecule has 1 aliphatic carbocycles. The Morgan fingerprint density at radius 3 is 2.73 bits per heavy atom. The van der Waals surface area contributed by atoms with Gasteiger partial charge in [-0.25, -0.2) is 0 Å². The summed E-state index contributed by atoms with van der Waals surface area (Å²) >= 11 is 0. The summed E-state index contributed by atoms with van der Waals surface area (Å²) in [6.07, 6.45) is 1.83. The molecule has 3 N–H and O–H groups in total. The van der Waals surface area contributed by atoms with Gasteiger partial charge in [0.05, 0.1) is 6.04 Å². The van der Waals surface area contributed by atoms with E-state index in [0.29, 0.717) is 18.4 Å². The van der Waals surface area contributed by atoms with Gasteiger partial charge in [-0.05, 0) is 18.8 Å². The molecule has 0 aromatic heterocycles. The molecular formula is C8H16N2O. The highest BCUT2D eigenvalue weighted by molar-refractivity contribution is 5.81. The molecule has 0 aliphatic heterocycles. The topological polar surface area (TPSA) is 55.1 Å². The lowest BCUT2D eigenvalue weighted by Gasteiger charge is -2.08. The number of amides is 1. The average Bonchev–Trinajstić information content (AvgIpc) is 2.65. The summed E-state index contributed by atoms with van der Waals surface area (Å²) in [5.74, 6) is 0.657. The lowest BCUT2D eigenvalue weighted by molar-refractivity contribution is -0.122. The molecule has 3 atom stereocenters. The van der Waals surface area contributed by atoms with Gasteiger partial charge in [0.15, 0.2) is 0 Å². The van der Waals surface area contributed by atoms with E-state index in [-0.39, 0.29) is 11.9 Å². The van der Waals surface area contributed by atoms with Crippen molar-refractivity contribution < 1.29 is 4.79 Å². The van der Waals surface area contributed by atoms with E-state index in [4.69, 9.17) is 5.73 Å². The highest BCUT2D eigenvalue weighted by Crippen LogP contribution is 2.28. The van der Waals surface area contributed by atoms with Crippen molar-refractivity contribution in [3.63, 3.8) is 0 Å². The van der Waals surface area contributed by atoms with Gasteiger partial charge in [-0.2, -0.15) is 0 Å². The fourth-order valence-electron chi connectivity index (χ4n) is 0.998. The van der Waals surface area contributed by atoms with Gasteiger partial charge >= 0.3 is 0 Å². The molecule has 0 heterocycles. The zero-order valence-corrected chi connectivity index (χ0v) is 7.13. The van der Waals surface area contributed by atoms with Crippen LogP contribution in [-0.2, 0) is 4.79 Å². The predicted octanol–water partition coefficient (Wildman–Crippen LogP) is 0.248. The van der Waals surface area contributed by atoms with Crippen LogP contribution >= 0.6 is 0 Å². The fourth-order valence-corrected chi connectivity index (χ4v) is 0.998. The highest BCUT2D eigenvalue weighted by atomic mass is 16.2. The molecule has 0 aromatic rings. The van der Waals surface area contributed by atoms with Gasteiger partial charge in [0.25, 0.3) is 0 Å². The molecule has 0 spiro atoms. The molecule has 3 nitrogen and oxygen atoms in total. The van der Waals surface area contributed by atoms with Crippen molar-refractivity contribution in [1.29, 1.82) is 0 Å². The molecule has 0 aromatic carbocycles. The molecule has 2 unspecified atom stereocenters. The summed E-state index contributed by atoms with van der Waals surface area (Å²) in [5.41, 5.74) is 5.53. The molecule has 1 saturated carbocycles. The van der Waals surface area contributed by atoms with E-state index in [1.165, 1.54) is 0 Å². The van der Waals surface area contributed by atoms with Crippen LogP contribution in [0.15, 0.2) is 0 Å². The third-order valence-electron chi connectivity index (χ3n) is 2.21. The SMILES string of the molecule is CC[C@@H](N)C(=O)NC1CC1C. The van der Waals surface area contributed by atoms with Gasteiger partial charge < -0.3 is 11.1 Å². The lowest BCUT2D eigenvalue weighted by Crippen LogP contribution is -2.41. The Kier molecular flexibility index (Phi) is 2.49. The lowest BCUT2D eigenvalue weighted by atomic mass is 10.2. The molecular weight excluding hydrogens is 140 g/mol. The average molecular weight is 156 g/mol. The Balaban J connectivity index is 2.21. The van der Waals surface area contributed by atoms with E-state index in [1.54, 1.807) is 0 Å².